The maximum atomic E-state index is 11.8. The van der Waals surface area contributed by atoms with Crippen LogP contribution >= 0.6 is 0 Å². The molecule has 3 rings (SSSR count). The van der Waals surface area contributed by atoms with Crippen LogP contribution in [-0.2, 0) is 55.0 Å². The topological polar surface area (TPSA) is 70.8 Å². The molecule has 0 atom stereocenters. The van der Waals surface area contributed by atoms with Crippen molar-refractivity contribution in [2.24, 2.45) is 9.98 Å². The summed E-state index contributed by atoms with van der Waals surface area (Å²) in [5.74, 6) is -0.607. The van der Waals surface area contributed by atoms with Gasteiger partial charge in [0.15, 0.2) is 0 Å². The third-order valence-electron chi connectivity index (χ3n) is 9.29. The van der Waals surface area contributed by atoms with Crippen LogP contribution in [0.25, 0.3) is 0 Å². The van der Waals surface area contributed by atoms with E-state index in [4.69, 9.17) is 9.98 Å². The normalized spacial score (nSPS) is 11.6. The molecule has 5 heteroatoms. The number of hydrogen-bond acceptors (Lipinski definition) is 4. The minimum atomic E-state index is -0.326. The van der Waals surface area contributed by atoms with Gasteiger partial charge in [0.05, 0.1) is 22.8 Å². The summed E-state index contributed by atoms with van der Waals surface area (Å²) in [6.07, 6.45) is 18.2. The second-order valence-electron chi connectivity index (χ2n) is 14.0. The Morgan fingerprint density at radius 2 is 0.961 bits per heavy atom. The summed E-state index contributed by atoms with van der Waals surface area (Å²) in [5.41, 5.74) is 12.9. The summed E-state index contributed by atoms with van der Waals surface area (Å²) in [4.78, 5) is 10.3. The molecule has 0 bridgehead atoms. The molecule has 0 fully saturated rings. The van der Waals surface area contributed by atoms with Crippen molar-refractivity contribution in [1.29, 1.82) is 0 Å². The monoisotopic (exact) mass is 738 g/mol. The number of aryl methyl sites for hydroxylation is 5. The van der Waals surface area contributed by atoms with Gasteiger partial charge in [-0.15, -0.1) is 11.5 Å². The third-order valence-corrected chi connectivity index (χ3v) is 9.29. The molecule has 0 amide bonds. The van der Waals surface area contributed by atoms with E-state index >= 15 is 0 Å². The Labute approximate surface area is 322 Å². The fraction of sp³-hybridized carbons (Fsp3) is 0.565. The summed E-state index contributed by atoms with van der Waals surface area (Å²) in [7, 11) is 0. The number of aliphatic imine (C=N–C) groups is 2. The van der Waals surface area contributed by atoms with Crippen LogP contribution in [0.1, 0.15) is 165 Å². The first kappa shape index (κ1) is 46.1. The van der Waals surface area contributed by atoms with E-state index in [0.717, 1.165) is 149 Å². The molecular weight excluding hydrogens is 671 g/mol. The van der Waals surface area contributed by atoms with E-state index < -0.39 is 0 Å². The molecule has 0 aromatic heterocycles. The second-order valence-corrected chi connectivity index (χ2v) is 14.0. The molecule has 0 saturated heterocycles. The van der Waals surface area contributed by atoms with Gasteiger partial charge in [-0.05, 0) is 136 Å². The maximum Gasteiger partial charge on any atom is 2.00 e. The van der Waals surface area contributed by atoms with Crippen LogP contribution in [0.4, 0.5) is 11.4 Å². The zero-order valence-corrected chi connectivity index (χ0v) is 34.6. The summed E-state index contributed by atoms with van der Waals surface area (Å²) in [6, 6.07) is 15.4. The molecule has 0 saturated carbocycles. The zero-order valence-electron chi connectivity index (χ0n) is 33.6. The maximum absolute atomic E-state index is 11.8. The van der Waals surface area contributed by atoms with Crippen LogP contribution in [0.3, 0.4) is 0 Å². The van der Waals surface area contributed by atoms with Crippen molar-refractivity contribution in [3.63, 3.8) is 0 Å². The Bertz CT molecular complexity index is 1460. The molecule has 0 unspecified atom stereocenters. The SMILES string of the molecule is CCCCC(=Nc1cc(CCC)cc(CCC)c1)C(C)=Nc1cc(CCC)cc(CCC)c1.CCCCc1cc([O-])c([O-])c(CCCC)c1C.[Ni+2]. The van der Waals surface area contributed by atoms with Gasteiger partial charge < -0.3 is 10.2 Å². The average molecular weight is 740 g/mol. The molecule has 3 aromatic rings. The Kier molecular flexibility index (Phi) is 23.5. The predicted octanol–water partition coefficient (Wildman–Crippen LogP) is 12.4. The molecule has 0 aliphatic carbocycles. The van der Waals surface area contributed by atoms with Crippen molar-refractivity contribution in [3.8, 4) is 11.5 Å². The molecule has 0 aliphatic heterocycles. The van der Waals surface area contributed by atoms with Crippen molar-refractivity contribution in [2.45, 2.75) is 171 Å². The minimum absolute atomic E-state index is 0. The first-order valence-electron chi connectivity index (χ1n) is 20.0. The first-order valence-corrected chi connectivity index (χ1v) is 20.0. The van der Waals surface area contributed by atoms with Crippen LogP contribution in [0.5, 0.6) is 11.5 Å². The van der Waals surface area contributed by atoms with E-state index in [0.29, 0.717) is 0 Å². The van der Waals surface area contributed by atoms with Crippen LogP contribution in [-0.4, -0.2) is 11.4 Å². The van der Waals surface area contributed by atoms with Gasteiger partial charge >= 0.3 is 16.5 Å². The molecule has 0 heterocycles. The van der Waals surface area contributed by atoms with Gasteiger partial charge in [0.2, 0.25) is 0 Å². The van der Waals surface area contributed by atoms with E-state index in [1.165, 1.54) is 22.3 Å². The summed E-state index contributed by atoms with van der Waals surface area (Å²) in [6.45, 7) is 19.6. The van der Waals surface area contributed by atoms with Crippen LogP contribution in [0.15, 0.2) is 52.4 Å². The molecular formula is C46H68N2NiO2. The Morgan fingerprint density at radius 1 is 0.529 bits per heavy atom. The Balaban J connectivity index is 0.000000609. The van der Waals surface area contributed by atoms with Gasteiger partial charge in [0.1, 0.15) is 0 Å². The molecule has 0 radical (unpaired) electrons. The molecule has 0 aliphatic rings. The van der Waals surface area contributed by atoms with Crippen molar-refractivity contribution in [2.75, 3.05) is 0 Å². The van der Waals surface area contributed by atoms with Crippen LogP contribution in [0, 0.1) is 6.92 Å². The average Bonchev–Trinajstić information content (AvgIpc) is 3.08. The van der Waals surface area contributed by atoms with E-state index in [-0.39, 0.29) is 28.0 Å². The van der Waals surface area contributed by atoms with Crippen molar-refractivity contribution >= 4 is 22.8 Å². The summed E-state index contributed by atoms with van der Waals surface area (Å²) < 4.78 is 0. The van der Waals surface area contributed by atoms with Gasteiger partial charge in [-0.2, -0.15) is 0 Å². The summed E-state index contributed by atoms with van der Waals surface area (Å²) in [5, 5.41) is 23.4. The minimum Gasteiger partial charge on any atom is -0.873 e. The quantitative estimate of drug-likeness (QED) is 0.0855. The van der Waals surface area contributed by atoms with Crippen molar-refractivity contribution in [3.05, 3.63) is 81.4 Å². The molecule has 0 N–H and O–H groups in total. The predicted molar refractivity (Wildman–Crippen MR) is 216 cm³/mol. The fourth-order valence-electron chi connectivity index (χ4n) is 6.55. The molecule has 284 valence electrons. The third kappa shape index (κ3) is 16.1. The van der Waals surface area contributed by atoms with Crippen molar-refractivity contribution < 1.29 is 26.7 Å². The molecule has 51 heavy (non-hydrogen) atoms. The summed E-state index contributed by atoms with van der Waals surface area (Å²) >= 11 is 0. The van der Waals surface area contributed by atoms with Gasteiger partial charge in [0, 0.05) is 0 Å². The number of hydrogen-bond donors (Lipinski definition) is 0. The number of benzene rings is 3. The van der Waals surface area contributed by atoms with Crippen LogP contribution < -0.4 is 10.2 Å². The Hall–Kier alpha value is -2.91. The second kappa shape index (κ2) is 26.0. The fourth-order valence-corrected chi connectivity index (χ4v) is 6.55. The standard InChI is InChI=1S/C31H46N2.C15H24O2.Ni/c1-7-12-17-31(33-30-22-27(15-10-4)19-28(23-30)16-11-5)24(6)32-29-20-25(13-8-2)18-26(21-29)14-9-3;1-4-6-8-12-10-14(16)15(17)13(11(12)3)9-7-5-2;/h18-23H,7-17H2,1-6H3;10,16-17H,4-9H2,1-3H3;/q;;+2/p-2. The van der Waals surface area contributed by atoms with Crippen molar-refractivity contribution in [1.82, 2.24) is 0 Å². The van der Waals surface area contributed by atoms with Crippen LogP contribution in [0.2, 0.25) is 0 Å². The zero-order chi connectivity index (χ0) is 36.9. The van der Waals surface area contributed by atoms with Gasteiger partial charge in [-0.25, -0.2) is 0 Å². The Morgan fingerprint density at radius 3 is 1.39 bits per heavy atom. The first-order chi connectivity index (χ1) is 24.1. The van der Waals surface area contributed by atoms with Gasteiger partial charge in [0.25, 0.3) is 0 Å². The van der Waals surface area contributed by atoms with E-state index in [2.05, 4.69) is 91.8 Å². The number of rotatable bonds is 20. The van der Waals surface area contributed by atoms with E-state index in [1.807, 2.05) is 6.92 Å². The molecule has 0 spiro atoms. The van der Waals surface area contributed by atoms with E-state index in [9.17, 15) is 10.2 Å². The molecule has 4 nitrogen and oxygen atoms in total. The largest absolute Gasteiger partial charge is 2.00 e. The number of unbranched alkanes of at least 4 members (excludes halogenated alkanes) is 3. The smallest absolute Gasteiger partial charge is 0.873 e. The van der Waals surface area contributed by atoms with Gasteiger partial charge in [-0.3, -0.25) is 9.98 Å². The number of nitrogens with zero attached hydrogens (tertiary/aromatic N) is 2. The van der Waals surface area contributed by atoms with Gasteiger partial charge in [-0.1, -0.05) is 117 Å². The van der Waals surface area contributed by atoms with E-state index in [1.54, 1.807) is 6.07 Å². The molecule has 3 aromatic carbocycles.